The van der Waals surface area contributed by atoms with Crippen molar-refractivity contribution in [3.05, 3.63) is 191 Å². The van der Waals surface area contributed by atoms with Crippen molar-refractivity contribution in [2.75, 3.05) is 10.2 Å². The minimum Gasteiger partial charge on any atom is -0.456 e. The molecule has 5 aromatic rings. The second-order valence-electron chi connectivity index (χ2n) is 10.9. The van der Waals surface area contributed by atoms with Crippen LogP contribution < -0.4 is 10.2 Å². The minimum absolute atomic E-state index is 0.524. The molecule has 0 amide bonds. The average Bonchev–Trinajstić information content (AvgIpc) is 3.10. The summed E-state index contributed by atoms with van der Waals surface area (Å²) in [4.78, 5) is 0. The van der Waals surface area contributed by atoms with E-state index in [1.807, 2.05) is 146 Å². The Labute approximate surface area is 268 Å². The highest BCUT2D eigenvalue weighted by Crippen LogP contribution is 2.58. The van der Waals surface area contributed by atoms with E-state index in [9.17, 15) is 9.13 Å². The van der Waals surface area contributed by atoms with E-state index in [1.54, 1.807) is 23.3 Å². The monoisotopic (exact) mass is 640 g/mol. The number of nitrogens with one attached hydrogen (secondary N) is 2. The Morgan fingerprint density at radius 2 is 0.587 bits per heavy atom. The van der Waals surface area contributed by atoms with Crippen molar-refractivity contribution in [3.8, 4) is 0 Å². The Morgan fingerprint density at radius 3 is 0.826 bits per heavy atom. The van der Waals surface area contributed by atoms with Crippen LogP contribution in [-0.2, 0) is 18.6 Å². The number of ether oxygens (including phenoxy) is 2. The summed E-state index contributed by atoms with van der Waals surface area (Å²) in [5.74, 6) is 8.73. The van der Waals surface area contributed by atoms with Gasteiger partial charge in [0.25, 0.3) is 0 Å². The molecule has 0 saturated carbocycles. The van der Waals surface area contributed by atoms with Crippen molar-refractivity contribution in [2.24, 2.45) is 0 Å². The van der Waals surface area contributed by atoms with E-state index < -0.39 is 14.6 Å². The van der Waals surface area contributed by atoms with Gasteiger partial charge in [-0.25, -0.2) is 0 Å². The van der Waals surface area contributed by atoms with Crippen LogP contribution in [0.5, 0.6) is 0 Å². The lowest BCUT2D eigenvalue weighted by Gasteiger charge is -2.25. The van der Waals surface area contributed by atoms with Crippen LogP contribution in [-0.4, -0.2) is 0 Å². The topological polar surface area (TPSA) is 76.7 Å². The highest BCUT2D eigenvalue weighted by Gasteiger charge is 2.29. The van der Waals surface area contributed by atoms with Gasteiger partial charge in [-0.3, -0.25) is 9.13 Å². The summed E-state index contributed by atoms with van der Waals surface area (Å²) < 4.78 is 41.1. The van der Waals surface area contributed by atoms with Crippen molar-refractivity contribution >= 4 is 49.0 Å². The molecule has 46 heavy (non-hydrogen) atoms. The van der Waals surface area contributed by atoms with E-state index in [1.165, 1.54) is 0 Å². The van der Waals surface area contributed by atoms with Crippen LogP contribution in [0.1, 0.15) is 22.3 Å². The number of hydrogen-bond donors (Lipinski definition) is 2. The molecule has 0 saturated heterocycles. The van der Waals surface area contributed by atoms with Crippen molar-refractivity contribution in [2.45, 2.75) is 0 Å². The lowest BCUT2D eigenvalue weighted by atomic mass is 10.2. The molecular weight excluding hydrogens is 610 g/mol. The Hall–Kier alpha value is -5.28. The molecule has 0 bridgehead atoms. The molecule has 0 unspecified atom stereocenters. The Kier molecular flexibility index (Phi) is 8.07. The number of hydrogen-bond acceptors (Lipinski definition) is 4. The SMILES string of the molecule is O=P1(Nc2ccc(NP3(=O)C=C(c4ccccc4)OC(c4ccccc4)=C3)cc2)C=C(c2ccccc2)OC(c2ccccc2)=C1. The first kappa shape index (κ1) is 29.4. The molecule has 2 N–H and O–H groups in total. The van der Waals surface area contributed by atoms with E-state index in [-0.39, 0.29) is 0 Å². The minimum atomic E-state index is -3.24. The second-order valence-corrected chi connectivity index (χ2v) is 15.2. The van der Waals surface area contributed by atoms with Gasteiger partial charge in [-0.2, -0.15) is 0 Å². The molecule has 7 rings (SSSR count). The van der Waals surface area contributed by atoms with E-state index >= 15 is 0 Å². The third-order valence-corrected chi connectivity index (χ3v) is 11.1. The van der Waals surface area contributed by atoms with Crippen LogP contribution in [0.3, 0.4) is 0 Å². The highest BCUT2D eigenvalue weighted by atomic mass is 31.2. The lowest BCUT2D eigenvalue weighted by Crippen LogP contribution is -2.04. The van der Waals surface area contributed by atoms with Crippen LogP contribution in [0.2, 0.25) is 0 Å². The molecule has 0 aromatic heterocycles. The summed E-state index contributed by atoms with van der Waals surface area (Å²) in [6.07, 6.45) is 0. The Balaban J connectivity index is 1.17. The first-order valence-corrected chi connectivity index (χ1v) is 18.5. The Bertz CT molecular complexity index is 1800. The Morgan fingerprint density at radius 1 is 0.348 bits per heavy atom. The van der Waals surface area contributed by atoms with E-state index in [4.69, 9.17) is 9.47 Å². The van der Waals surface area contributed by atoms with Gasteiger partial charge < -0.3 is 19.6 Å². The molecule has 0 radical (unpaired) electrons. The summed E-state index contributed by atoms with van der Waals surface area (Å²) in [5.41, 5.74) is 4.62. The molecule has 2 heterocycles. The van der Waals surface area contributed by atoms with Crippen LogP contribution in [0, 0.1) is 0 Å². The number of rotatable bonds is 8. The second kappa shape index (κ2) is 12.6. The van der Waals surface area contributed by atoms with Crippen molar-refractivity contribution in [1.29, 1.82) is 0 Å². The quantitative estimate of drug-likeness (QED) is 0.164. The first-order chi connectivity index (χ1) is 22.4. The molecule has 0 atom stereocenters. The predicted molar refractivity (Wildman–Crippen MR) is 189 cm³/mol. The smallest absolute Gasteiger partial charge is 0.220 e. The van der Waals surface area contributed by atoms with E-state index in [0.29, 0.717) is 34.4 Å². The van der Waals surface area contributed by atoms with Crippen LogP contribution in [0.25, 0.3) is 23.0 Å². The molecule has 5 aromatic carbocycles. The molecule has 0 fully saturated rings. The summed E-state index contributed by atoms with van der Waals surface area (Å²) in [7, 11) is -6.47. The maximum Gasteiger partial charge on any atom is 0.220 e. The van der Waals surface area contributed by atoms with Crippen molar-refractivity contribution in [3.63, 3.8) is 0 Å². The van der Waals surface area contributed by atoms with Gasteiger partial charge in [0.15, 0.2) is 0 Å². The standard InChI is InChI=1S/C38H30N2O4P2/c41-45(25-35(29-13-5-1-6-14-29)43-36(26-45)30-15-7-2-8-16-30)39-33-21-23-34(24-22-33)40-46(42)27-37(31-17-9-3-10-18-31)44-38(28-46)32-19-11-4-12-20-32/h1-28H,(H,39,41)(H,40,42). The van der Waals surface area contributed by atoms with Crippen LogP contribution in [0.15, 0.2) is 169 Å². The summed E-state index contributed by atoms with van der Waals surface area (Å²) >= 11 is 0. The fourth-order valence-electron chi connectivity index (χ4n) is 5.21. The average molecular weight is 641 g/mol. The van der Waals surface area contributed by atoms with Gasteiger partial charge >= 0.3 is 0 Å². The largest absolute Gasteiger partial charge is 0.456 e. The van der Waals surface area contributed by atoms with Gasteiger partial charge in [-0.1, -0.05) is 121 Å². The number of benzene rings is 5. The van der Waals surface area contributed by atoms with Gasteiger partial charge in [0.1, 0.15) is 23.0 Å². The summed E-state index contributed by atoms with van der Waals surface area (Å²) in [6, 6.07) is 45.8. The zero-order valence-corrected chi connectivity index (χ0v) is 26.5. The molecule has 2 aliphatic heterocycles. The van der Waals surface area contributed by atoms with Crippen LogP contribution in [0.4, 0.5) is 11.4 Å². The molecule has 226 valence electrons. The predicted octanol–water partition coefficient (Wildman–Crippen LogP) is 11.1. The van der Waals surface area contributed by atoms with Gasteiger partial charge in [0.2, 0.25) is 14.6 Å². The van der Waals surface area contributed by atoms with E-state index in [2.05, 4.69) is 10.2 Å². The highest BCUT2D eigenvalue weighted by molar-refractivity contribution is 7.72. The summed E-state index contributed by atoms with van der Waals surface area (Å²) in [6.45, 7) is 0. The fraction of sp³-hybridized carbons (Fsp3) is 0. The van der Waals surface area contributed by atoms with Crippen molar-refractivity contribution < 1.29 is 18.6 Å². The lowest BCUT2D eigenvalue weighted by molar-refractivity contribution is 0.468. The molecule has 8 heteroatoms. The van der Waals surface area contributed by atoms with Gasteiger partial charge in [-0.15, -0.1) is 0 Å². The van der Waals surface area contributed by atoms with E-state index in [0.717, 1.165) is 22.3 Å². The zero-order valence-electron chi connectivity index (χ0n) is 24.7. The number of anilines is 2. The fourth-order valence-corrected chi connectivity index (χ4v) is 8.92. The molecule has 6 nitrogen and oxygen atoms in total. The van der Waals surface area contributed by atoms with Gasteiger partial charge in [0.05, 0.1) is 0 Å². The molecule has 0 spiro atoms. The van der Waals surface area contributed by atoms with Gasteiger partial charge in [-0.05, 0) is 24.3 Å². The van der Waals surface area contributed by atoms with Crippen LogP contribution >= 0.6 is 14.6 Å². The third-order valence-electron chi connectivity index (χ3n) is 7.40. The van der Waals surface area contributed by atoms with Crippen molar-refractivity contribution in [1.82, 2.24) is 0 Å². The first-order valence-electron chi connectivity index (χ1n) is 14.8. The molecule has 0 aliphatic carbocycles. The molecule has 2 aliphatic rings. The maximum atomic E-state index is 14.3. The summed E-state index contributed by atoms with van der Waals surface area (Å²) in [5, 5.41) is 6.47. The molecular formula is C38H30N2O4P2. The van der Waals surface area contributed by atoms with Gasteiger partial charge in [0, 0.05) is 56.9 Å². The maximum absolute atomic E-state index is 14.3. The zero-order chi connectivity index (χ0) is 31.4. The third kappa shape index (κ3) is 6.69. The normalized spacial score (nSPS) is 16.3.